The molecule has 0 saturated carbocycles. The number of aliphatic imine (C=N–C) groups is 1. The Balaban J connectivity index is 1.59. The van der Waals surface area contributed by atoms with Crippen LogP contribution in [0.5, 0.6) is 0 Å². The molecule has 29 nitrogen and oxygen atoms in total. The van der Waals surface area contributed by atoms with E-state index in [1.807, 2.05) is 4.98 Å². The van der Waals surface area contributed by atoms with Gasteiger partial charge in [0.05, 0.1) is 6.04 Å². The van der Waals surface area contributed by atoms with Gasteiger partial charge in [0, 0.05) is 45.4 Å². The Labute approximate surface area is 445 Å². The van der Waals surface area contributed by atoms with Gasteiger partial charge in [-0.1, -0.05) is 67.2 Å². The van der Waals surface area contributed by atoms with E-state index in [0.717, 1.165) is 42.5 Å². The molecule has 3 aliphatic rings. The van der Waals surface area contributed by atoms with Gasteiger partial charge in [-0.3, -0.25) is 38.5 Å². The number of hydrogen-bond acceptors (Lipinski definition) is 21. The number of carbonyl (C=O) groups is 6. The van der Waals surface area contributed by atoms with Gasteiger partial charge in [0.2, 0.25) is 11.8 Å². The van der Waals surface area contributed by atoms with Gasteiger partial charge < -0.3 is 92.6 Å². The van der Waals surface area contributed by atoms with Crippen molar-refractivity contribution in [3.8, 4) is 0 Å². The van der Waals surface area contributed by atoms with Crippen molar-refractivity contribution in [3.63, 3.8) is 0 Å². The lowest BCUT2D eigenvalue weighted by molar-refractivity contribution is -0.231. The van der Waals surface area contributed by atoms with E-state index in [1.165, 1.54) is 7.11 Å². The number of unbranched alkanes of at least 4 members (excludes halogenated alkanes) is 3. The Hall–Kier alpha value is -5.79. The number of aliphatic hydroxyl groups is 3. The van der Waals surface area contributed by atoms with Crippen molar-refractivity contribution in [1.82, 2.24) is 41.5 Å². The quantitative estimate of drug-likeness (QED) is 0.0255. The van der Waals surface area contributed by atoms with Crippen LogP contribution < -0.4 is 54.6 Å². The Kier molecular flexibility index (Phi) is 25.2. The van der Waals surface area contributed by atoms with Gasteiger partial charge in [-0.25, -0.2) is 14.4 Å². The first kappa shape index (κ1) is 63.7. The zero-order valence-corrected chi connectivity index (χ0v) is 44.6. The number of carbonyl (C=O) groups excluding carboxylic acids is 4. The minimum atomic E-state index is -1.93. The molecule has 15 atom stereocenters. The van der Waals surface area contributed by atoms with E-state index in [0.29, 0.717) is 12.3 Å². The second kappa shape index (κ2) is 30.4. The average molecular weight is 1100 g/mol. The van der Waals surface area contributed by atoms with Crippen LogP contribution in [0, 0.1) is 17.8 Å². The molecule has 29 heteroatoms. The maximum Gasteiger partial charge on any atom is 0.330 e. The highest BCUT2D eigenvalue weighted by Gasteiger charge is 2.54. The van der Waals surface area contributed by atoms with Crippen LogP contribution in [0.1, 0.15) is 99.1 Å². The fourth-order valence-corrected chi connectivity index (χ4v) is 9.17. The van der Waals surface area contributed by atoms with Crippen molar-refractivity contribution in [2.75, 3.05) is 33.3 Å². The molecule has 10 unspecified atom stereocenters. The van der Waals surface area contributed by atoms with Crippen molar-refractivity contribution in [3.05, 3.63) is 33.1 Å². The first-order chi connectivity index (χ1) is 36.4. The number of aliphatic hydroxyl groups excluding tert-OH is 3. The molecule has 77 heavy (non-hydrogen) atoms. The number of aromatic nitrogens is 2. The highest BCUT2D eigenvalue weighted by molar-refractivity contribution is 5.94. The smallest absolute Gasteiger partial charge is 0.330 e. The molecular weight excluding hydrogens is 1020 g/mol. The zero-order chi connectivity index (χ0) is 57.3. The number of aromatic amines is 1. The number of carboxylic acid groups (broad SMARTS) is 2. The van der Waals surface area contributed by atoms with Gasteiger partial charge in [0.1, 0.15) is 73.0 Å². The molecule has 1 aromatic rings. The number of carboxylic acids is 2. The molecule has 0 aliphatic carbocycles. The average Bonchev–Trinajstić information content (AvgIpc) is 3.83. The highest BCUT2D eigenvalue weighted by Crippen LogP contribution is 2.35. The second-order valence-corrected chi connectivity index (χ2v) is 20.5. The number of nitrogens with zero attached hydrogens (tertiary/aromatic N) is 2. The molecule has 0 radical (unpaired) electrons. The van der Waals surface area contributed by atoms with Crippen LogP contribution in [0.15, 0.2) is 26.8 Å². The number of hydrogen-bond donors (Lipinski definition) is 14. The molecule has 4 amide bonds. The fourth-order valence-electron chi connectivity index (χ4n) is 9.17. The van der Waals surface area contributed by atoms with Crippen LogP contribution in [0.2, 0.25) is 0 Å². The van der Waals surface area contributed by atoms with E-state index in [4.69, 9.17) is 35.2 Å². The molecule has 4 heterocycles. The van der Waals surface area contributed by atoms with Crippen LogP contribution in [0.25, 0.3) is 0 Å². The number of methoxy groups -OCH3 is 1. The Bertz CT molecular complexity index is 2270. The van der Waals surface area contributed by atoms with Crippen LogP contribution in [0.4, 0.5) is 4.79 Å². The summed E-state index contributed by atoms with van der Waals surface area (Å²) < 4.78 is 29.9. The van der Waals surface area contributed by atoms with Crippen LogP contribution in [0.3, 0.4) is 0 Å². The highest BCUT2D eigenvalue weighted by atomic mass is 16.7. The first-order valence-corrected chi connectivity index (χ1v) is 26.0. The molecule has 2 saturated heterocycles. The van der Waals surface area contributed by atoms with E-state index in [-0.39, 0.29) is 51.4 Å². The number of guanidine groups is 1. The number of nitrogens with one attached hydrogen (secondary N) is 7. The molecule has 436 valence electrons. The van der Waals surface area contributed by atoms with Gasteiger partial charge >= 0.3 is 29.6 Å². The monoisotopic (exact) mass is 1100 g/mol. The van der Waals surface area contributed by atoms with Crippen LogP contribution >= 0.6 is 0 Å². The predicted molar refractivity (Wildman–Crippen MR) is 273 cm³/mol. The molecule has 1 aromatic heterocycles. The summed E-state index contributed by atoms with van der Waals surface area (Å²) in [7, 11) is 1.23. The van der Waals surface area contributed by atoms with Crippen LogP contribution in [-0.2, 0) is 47.7 Å². The minimum Gasteiger partial charge on any atom is -0.480 e. The van der Waals surface area contributed by atoms with Gasteiger partial charge in [-0.05, 0) is 43.6 Å². The molecule has 0 bridgehead atoms. The van der Waals surface area contributed by atoms with Crippen molar-refractivity contribution >= 4 is 41.7 Å². The molecular formula is C48H81N11O18. The molecule has 2 fully saturated rings. The third-order valence-corrected chi connectivity index (χ3v) is 13.4. The van der Waals surface area contributed by atoms with Crippen molar-refractivity contribution in [2.45, 2.75) is 184 Å². The maximum absolute atomic E-state index is 14.5. The summed E-state index contributed by atoms with van der Waals surface area (Å²) in [5, 5.41) is 69.6. The van der Waals surface area contributed by atoms with E-state index in [1.54, 1.807) is 27.7 Å². The summed E-state index contributed by atoms with van der Waals surface area (Å²) in [6.07, 6.45) is -10.1. The van der Waals surface area contributed by atoms with Gasteiger partial charge in [-0.15, -0.1) is 0 Å². The Morgan fingerprint density at radius 3 is 2.13 bits per heavy atom. The summed E-state index contributed by atoms with van der Waals surface area (Å²) in [4.78, 5) is 111. The number of esters is 1. The van der Waals surface area contributed by atoms with Crippen molar-refractivity contribution in [1.29, 1.82) is 0 Å². The third kappa shape index (κ3) is 18.1. The zero-order valence-electron chi connectivity index (χ0n) is 44.6. The fraction of sp³-hybridized carbons (Fsp3) is 0.771. The van der Waals surface area contributed by atoms with Gasteiger partial charge in [0.15, 0.2) is 18.5 Å². The van der Waals surface area contributed by atoms with E-state index < -0.39 is 150 Å². The summed E-state index contributed by atoms with van der Waals surface area (Å²) in [6, 6.07) is -7.25. The summed E-state index contributed by atoms with van der Waals surface area (Å²) in [6.45, 7) is 10.2. The van der Waals surface area contributed by atoms with E-state index in [2.05, 4.69) is 50.7 Å². The summed E-state index contributed by atoms with van der Waals surface area (Å²) in [5.41, 5.74) is 9.96. The Morgan fingerprint density at radius 1 is 0.844 bits per heavy atom. The molecule has 16 N–H and O–H groups in total. The molecule has 0 aromatic carbocycles. The second-order valence-electron chi connectivity index (χ2n) is 20.5. The van der Waals surface area contributed by atoms with E-state index in [9.17, 15) is 63.9 Å². The largest absolute Gasteiger partial charge is 0.480 e. The van der Waals surface area contributed by atoms with Crippen molar-refractivity contribution < 1.29 is 78.0 Å². The maximum atomic E-state index is 14.5. The lowest BCUT2D eigenvalue weighted by Gasteiger charge is -2.34. The number of nitrogens with two attached hydrogens (primary N) is 2. The number of urea groups is 1. The molecule has 0 spiro atoms. The van der Waals surface area contributed by atoms with Crippen molar-refractivity contribution in [2.24, 2.45) is 34.2 Å². The van der Waals surface area contributed by atoms with E-state index >= 15 is 0 Å². The Morgan fingerprint density at radius 2 is 1.53 bits per heavy atom. The summed E-state index contributed by atoms with van der Waals surface area (Å²) in [5.74, 6) is -5.97. The topological polar surface area (TPSA) is 441 Å². The summed E-state index contributed by atoms with van der Waals surface area (Å²) >= 11 is 0. The van der Waals surface area contributed by atoms with Crippen LogP contribution in [-0.4, -0.2) is 195 Å². The third-order valence-electron chi connectivity index (χ3n) is 13.4. The standard InChI is InChI=1S/C48H81N11O18/c1-22(2)13-10-8-9-11-14-28(61)75-36(24(5)6)31(56-41(66)30(25-15-19-53-46(50)54-25)58-47(71)57-29(23(3)4)43(67)68)40(65)52-18-12-17-51-32(44(69)70)37(77-45-39(73-7)33(62)26(21-49)74-45)38-34(63)35(64)42(76-38)59-20-16-27(60)55-48(59)72/h16,20,22-26,29-39,42,45,51,62-64H,8-15,17-19,21,49H2,1-7H3,(H,52,65)(H,56,66)(H,67,68)(H,69,70)(H3,50,53,54)(H,55,60,72)(H2,57,58,71)/t25?,26-,29?,30?,31?,32?,33-,34?,35?,36?,37?,38?,39-,42-,45+/m1/s1. The first-order valence-electron chi connectivity index (χ1n) is 26.0. The molecule has 4 rings (SSSR count). The number of aliphatic carboxylic acids is 2. The minimum absolute atomic E-state index is 0.0191. The number of H-pyrrole nitrogens is 1. The van der Waals surface area contributed by atoms with Gasteiger partial charge in [-0.2, -0.15) is 0 Å². The number of rotatable bonds is 31. The predicted octanol–water partition coefficient (Wildman–Crippen LogP) is -3.35. The van der Waals surface area contributed by atoms with Gasteiger partial charge in [0.25, 0.3) is 5.56 Å². The SMILES string of the molecule is CO[C@H]1[C@H](OC(C(NCCCNC(=O)C(NC(=O)C(NC(=O)NC(C(=O)O)C(C)C)C2CCN=C(N)N2)C(OC(=O)CCCCCCC(C)C)C(C)C)C(=O)O)C2O[C@@H](n3ccc(=O)[nH]c3=O)C(O)C2O)O[C@H](CN)[C@H]1O. The number of ether oxygens (including phenoxy) is 5. The lowest BCUT2D eigenvalue weighted by atomic mass is 9.96. The normalized spacial score (nSPS) is 25.7. The number of amides is 4. The lowest BCUT2D eigenvalue weighted by Crippen LogP contribution is -2.66. The molecule has 3 aliphatic heterocycles.